The minimum Gasteiger partial charge on any atom is -0.355 e. The number of carbonyl (C=O) groups excluding carboxylic acids is 2. The topological polar surface area (TPSA) is 46.2 Å². The molecule has 4 heteroatoms. The Bertz CT molecular complexity index is 412. The summed E-state index contributed by atoms with van der Waals surface area (Å²) in [5, 5.41) is 2.87. The number of ketones is 1. The molecule has 0 radical (unpaired) electrons. The summed E-state index contributed by atoms with van der Waals surface area (Å²) < 4.78 is 0. The Labute approximate surface area is 112 Å². The van der Waals surface area contributed by atoms with E-state index in [4.69, 9.17) is 0 Å². The Kier molecular flexibility index (Phi) is 5.92. The smallest absolute Gasteiger partial charge is 0.230 e. The Hall–Kier alpha value is -1.29. The fourth-order valence-electron chi connectivity index (χ4n) is 1.30. The van der Waals surface area contributed by atoms with Crippen LogP contribution in [0.5, 0.6) is 0 Å². The van der Waals surface area contributed by atoms with Gasteiger partial charge in [0.1, 0.15) is 0 Å². The Balaban J connectivity index is 2.39. The average Bonchev–Trinajstić information content (AvgIpc) is 2.34. The van der Waals surface area contributed by atoms with Gasteiger partial charge in [0, 0.05) is 17.0 Å². The van der Waals surface area contributed by atoms with Gasteiger partial charge < -0.3 is 5.32 Å². The molecule has 0 aliphatic heterocycles. The Morgan fingerprint density at radius 1 is 1.22 bits per heavy atom. The molecule has 1 aromatic rings. The van der Waals surface area contributed by atoms with E-state index < -0.39 is 0 Å². The molecule has 0 spiro atoms. The molecule has 0 fully saturated rings. The molecule has 98 valence electrons. The van der Waals surface area contributed by atoms with Crippen molar-refractivity contribution >= 4 is 23.5 Å². The van der Waals surface area contributed by atoms with Crippen molar-refractivity contribution in [1.29, 1.82) is 0 Å². The molecule has 0 bridgehead atoms. The molecule has 0 aromatic heterocycles. The highest BCUT2D eigenvalue weighted by atomic mass is 32.2. The largest absolute Gasteiger partial charge is 0.355 e. The van der Waals surface area contributed by atoms with Crippen LogP contribution in [0.4, 0.5) is 0 Å². The van der Waals surface area contributed by atoms with E-state index in [9.17, 15) is 9.59 Å². The van der Waals surface area contributed by atoms with E-state index in [0.717, 1.165) is 4.90 Å². The van der Waals surface area contributed by atoms with E-state index in [1.807, 2.05) is 12.1 Å². The quantitative estimate of drug-likeness (QED) is 0.635. The second-order valence-corrected chi connectivity index (χ2v) is 5.62. The molecule has 18 heavy (non-hydrogen) atoms. The zero-order chi connectivity index (χ0) is 13.5. The maximum absolute atomic E-state index is 11.5. The summed E-state index contributed by atoms with van der Waals surface area (Å²) in [6, 6.07) is 7.32. The molecule has 0 unspecified atom stereocenters. The van der Waals surface area contributed by atoms with E-state index in [0.29, 0.717) is 23.8 Å². The van der Waals surface area contributed by atoms with Gasteiger partial charge in [-0.05, 0) is 25.0 Å². The lowest BCUT2D eigenvalue weighted by Crippen LogP contribution is -2.28. The summed E-state index contributed by atoms with van der Waals surface area (Å²) in [6.45, 7) is 6.38. The molecule has 0 saturated carbocycles. The van der Waals surface area contributed by atoms with Gasteiger partial charge in [-0.3, -0.25) is 9.59 Å². The number of hydrogen-bond acceptors (Lipinski definition) is 3. The zero-order valence-electron chi connectivity index (χ0n) is 11.0. The first-order valence-corrected chi connectivity index (χ1v) is 6.98. The molecule has 0 heterocycles. The predicted octanol–water partition coefficient (Wildman–Crippen LogP) is 2.75. The van der Waals surface area contributed by atoms with Crippen molar-refractivity contribution < 1.29 is 9.59 Å². The molecule has 1 rings (SSSR count). The number of benzene rings is 1. The molecule has 0 aliphatic carbocycles. The molecule has 0 aliphatic rings. The second kappa shape index (κ2) is 7.21. The fourth-order valence-corrected chi connectivity index (χ4v) is 2.03. The summed E-state index contributed by atoms with van der Waals surface area (Å²) >= 11 is 1.48. The number of carbonyl (C=O) groups is 2. The third-order valence-corrected chi connectivity index (χ3v) is 3.35. The highest BCUT2D eigenvalue weighted by Gasteiger charge is 2.04. The monoisotopic (exact) mass is 265 g/mol. The second-order valence-electron chi connectivity index (χ2n) is 4.57. The minimum atomic E-state index is 0.0457. The summed E-state index contributed by atoms with van der Waals surface area (Å²) in [5.74, 6) is 0.978. The normalized spacial score (nSPS) is 10.4. The summed E-state index contributed by atoms with van der Waals surface area (Å²) in [5.41, 5.74) is 0.698. The van der Waals surface area contributed by atoms with Crippen LogP contribution in [0, 0.1) is 5.92 Å². The third-order valence-electron chi connectivity index (χ3n) is 2.34. The lowest BCUT2D eigenvalue weighted by Gasteiger charge is -2.07. The highest BCUT2D eigenvalue weighted by Crippen LogP contribution is 2.18. The van der Waals surface area contributed by atoms with E-state index in [1.54, 1.807) is 19.1 Å². The van der Waals surface area contributed by atoms with Crippen molar-refractivity contribution in [3.8, 4) is 0 Å². The first-order valence-electron chi connectivity index (χ1n) is 5.99. The molecular formula is C14H19NO2S. The maximum Gasteiger partial charge on any atom is 0.230 e. The van der Waals surface area contributed by atoms with E-state index >= 15 is 0 Å². The van der Waals surface area contributed by atoms with Crippen LogP contribution in [0.2, 0.25) is 0 Å². The van der Waals surface area contributed by atoms with Crippen LogP contribution in [0.15, 0.2) is 29.2 Å². The number of nitrogens with one attached hydrogen (secondary N) is 1. The van der Waals surface area contributed by atoms with Crippen molar-refractivity contribution in [3.63, 3.8) is 0 Å². The van der Waals surface area contributed by atoms with Gasteiger partial charge in [-0.15, -0.1) is 11.8 Å². The Morgan fingerprint density at radius 3 is 2.33 bits per heavy atom. The van der Waals surface area contributed by atoms with Gasteiger partial charge in [0.2, 0.25) is 5.91 Å². The van der Waals surface area contributed by atoms with E-state index in [1.165, 1.54) is 11.8 Å². The average molecular weight is 265 g/mol. The van der Waals surface area contributed by atoms with Crippen LogP contribution in [-0.2, 0) is 4.79 Å². The summed E-state index contributed by atoms with van der Waals surface area (Å²) in [4.78, 5) is 23.6. The molecule has 1 N–H and O–H groups in total. The van der Waals surface area contributed by atoms with Crippen LogP contribution < -0.4 is 5.32 Å². The van der Waals surface area contributed by atoms with Crippen LogP contribution in [-0.4, -0.2) is 24.0 Å². The lowest BCUT2D eigenvalue weighted by molar-refractivity contribution is -0.118. The molecule has 1 aromatic carbocycles. The van der Waals surface area contributed by atoms with Gasteiger partial charge >= 0.3 is 0 Å². The van der Waals surface area contributed by atoms with Crippen molar-refractivity contribution in [2.45, 2.75) is 25.7 Å². The number of rotatable bonds is 6. The standard InChI is InChI=1S/C14H19NO2S/c1-10(2)8-15-14(17)9-18-13-6-4-12(5-7-13)11(3)16/h4-7,10H,8-9H2,1-3H3,(H,15,17). The van der Waals surface area contributed by atoms with Crippen molar-refractivity contribution in [2.24, 2.45) is 5.92 Å². The highest BCUT2D eigenvalue weighted by molar-refractivity contribution is 8.00. The van der Waals surface area contributed by atoms with E-state index in [-0.39, 0.29) is 11.7 Å². The van der Waals surface area contributed by atoms with Gasteiger partial charge in [-0.25, -0.2) is 0 Å². The molecule has 0 saturated heterocycles. The van der Waals surface area contributed by atoms with Crippen molar-refractivity contribution in [2.75, 3.05) is 12.3 Å². The van der Waals surface area contributed by atoms with Crippen molar-refractivity contribution in [3.05, 3.63) is 29.8 Å². The lowest BCUT2D eigenvalue weighted by atomic mass is 10.2. The SMILES string of the molecule is CC(=O)c1ccc(SCC(=O)NCC(C)C)cc1. The van der Waals surface area contributed by atoms with Crippen LogP contribution in [0.3, 0.4) is 0 Å². The zero-order valence-corrected chi connectivity index (χ0v) is 11.8. The van der Waals surface area contributed by atoms with Gasteiger partial charge in [0.25, 0.3) is 0 Å². The predicted molar refractivity (Wildman–Crippen MR) is 75.0 cm³/mol. The summed E-state index contributed by atoms with van der Waals surface area (Å²) in [7, 11) is 0. The fraction of sp³-hybridized carbons (Fsp3) is 0.429. The van der Waals surface area contributed by atoms with Crippen molar-refractivity contribution in [1.82, 2.24) is 5.32 Å². The van der Waals surface area contributed by atoms with Gasteiger partial charge in [0.15, 0.2) is 5.78 Å². The van der Waals surface area contributed by atoms with E-state index in [2.05, 4.69) is 19.2 Å². The van der Waals surface area contributed by atoms with Crippen LogP contribution >= 0.6 is 11.8 Å². The molecule has 3 nitrogen and oxygen atoms in total. The van der Waals surface area contributed by atoms with Gasteiger partial charge in [0.05, 0.1) is 5.75 Å². The first-order chi connectivity index (χ1) is 8.49. The van der Waals surface area contributed by atoms with Gasteiger partial charge in [-0.1, -0.05) is 26.0 Å². The number of amides is 1. The maximum atomic E-state index is 11.5. The number of hydrogen-bond donors (Lipinski definition) is 1. The molecule has 0 atom stereocenters. The Morgan fingerprint density at radius 2 is 1.83 bits per heavy atom. The summed E-state index contributed by atoms with van der Waals surface area (Å²) in [6.07, 6.45) is 0. The van der Waals surface area contributed by atoms with Crippen LogP contribution in [0.25, 0.3) is 0 Å². The van der Waals surface area contributed by atoms with Gasteiger partial charge in [-0.2, -0.15) is 0 Å². The third kappa shape index (κ3) is 5.36. The number of thioether (sulfide) groups is 1. The first kappa shape index (κ1) is 14.8. The van der Waals surface area contributed by atoms with Crippen LogP contribution in [0.1, 0.15) is 31.1 Å². The molecule has 1 amide bonds. The minimum absolute atomic E-state index is 0.0457. The number of Topliss-reactive ketones (excluding diaryl/α,β-unsaturated/α-hetero) is 1. The molecular weight excluding hydrogens is 246 g/mol.